The fourth-order valence-corrected chi connectivity index (χ4v) is 3.28. The summed E-state index contributed by atoms with van der Waals surface area (Å²) in [5.41, 5.74) is 7.40. The molecule has 0 saturated carbocycles. The third-order valence-corrected chi connectivity index (χ3v) is 4.01. The van der Waals surface area contributed by atoms with E-state index in [0.717, 1.165) is 6.54 Å². The molecule has 3 atom stereocenters. The van der Waals surface area contributed by atoms with E-state index in [1.165, 1.54) is 31.2 Å². The fourth-order valence-electron chi connectivity index (χ4n) is 3.28. The van der Waals surface area contributed by atoms with Gasteiger partial charge in [0, 0.05) is 37.1 Å². The molecule has 2 aliphatic rings. The molecule has 3 heteroatoms. The van der Waals surface area contributed by atoms with Crippen molar-refractivity contribution in [3.8, 4) is 0 Å². The number of fused-ring (bicyclic) bond motifs is 2. The highest BCUT2D eigenvalue weighted by molar-refractivity contribution is 5.10. The van der Waals surface area contributed by atoms with Crippen molar-refractivity contribution in [2.45, 2.75) is 50.4 Å². The average Bonchev–Trinajstić information content (AvgIpc) is 2.54. The molecule has 16 heavy (non-hydrogen) atoms. The molecule has 0 amide bonds. The lowest BCUT2D eigenvalue weighted by atomic mass is 9.98. The quantitative estimate of drug-likeness (QED) is 0.817. The number of pyridine rings is 1. The van der Waals surface area contributed by atoms with Gasteiger partial charge in [0.1, 0.15) is 0 Å². The van der Waals surface area contributed by atoms with E-state index < -0.39 is 0 Å². The van der Waals surface area contributed by atoms with Gasteiger partial charge < -0.3 is 5.73 Å². The monoisotopic (exact) mass is 217 g/mol. The van der Waals surface area contributed by atoms with Crippen LogP contribution in [0.3, 0.4) is 0 Å². The summed E-state index contributed by atoms with van der Waals surface area (Å²) in [5, 5.41) is 0. The first-order valence-corrected chi connectivity index (χ1v) is 6.23. The molecule has 3 heterocycles. The minimum absolute atomic E-state index is 0.433. The first-order chi connectivity index (χ1) is 7.83. The van der Waals surface area contributed by atoms with Gasteiger partial charge in [-0.05, 0) is 37.3 Å². The minimum atomic E-state index is 0.433. The van der Waals surface area contributed by atoms with Crippen LogP contribution in [0.15, 0.2) is 24.5 Å². The Kier molecular flexibility index (Phi) is 2.65. The van der Waals surface area contributed by atoms with E-state index in [2.05, 4.69) is 16.0 Å². The molecule has 0 aromatic carbocycles. The van der Waals surface area contributed by atoms with E-state index in [-0.39, 0.29) is 0 Å². The van der Waals surface area contributed by atoms with Crippen LogP contribution < -0.4 is 5.73 Å². The highest BCUT2D eigenvalue weighted by atomic mass is 15.2. The molecule has 2 aliphatic heterocycles. The van der Waals surface area contributed by atoms with Crippen molar-refractivity contribution in [2.24, 2.45) is 5.73 Å². The van der Waals surface area contributed by atoms with E-state index in [9.17, 15) is 0 Å². The summed E-state index contributed by atoms with van der Waals surface area (Å²) in [5.74, 6) is 0. The maximum absolute atomic E-state index is 6.07. The Labute approximate surface area is 96.7 Å². The highest BCUT2D eigenvalue weighted by Crippen LogP contribution is 2.35. The Morgan fingerprint density at radius 1 is 1.31 bits per heavy atom. The molecular formula is C13H19N3. The molecule has 1 aromatic heterocycles. The second kappa shape index (κ2) is 4.15. The number of aromatic nitrogens is 1. The van der Waals surface area contributed by atoms with E-state index in [0.29, 0.717) is 18.1 Å². The molecule has 3 rings (SSSR count). The summed E-state index contributed by atoms with van der Waals surface area (Å²) in [6, 6.07) is 6.05. The van der Waals surface area contributed by atoms with Crippen molar-refractivity contribution in [2.75, 3.05) is 0 Å². The third kappa shape index (κ3) is 1.85. The molecule has 2 N–H and O–H groups in total. The summed E-state index contributed by atoms with van der Waals surface area (Å²) in [4.78, 5) is 6.82. The average molecular weight is 217 g/mol. The molecule has 2 bridgehead atoms. The van der Waals surface area contributed by atoms with Crippen LogP contribution in [0.5, 0.6) is 0 Å². The number of nitrogens with zero attached hydrogens (tertiary/aromatic N) is 2. The summed E-state index contributed by atoms with van der Waals surface area (Å²) in [6.45, 7) is 1.05. The fraction of sp³-hybridized carbons (Fsp3) is 0.615. The molecule has 86 valence electrons. The van der Waals surface area contributed by atoms with Gasteiger partial charge in [-0.1, -0.05) is 6.07 Å². The van der Waals surface area contributed by atoms with Gasteiger partial charge in [0.25, 0.3) is 0 Å². The summed E-state index contributed by atoms with van der Waals surface area (Å²) >= 11 is 0. The van der Waals surface area contributed by atoms with Gasteiger partial charge in [0.05, 0.1) is 0 Å². The standard InChI is InChI=1S/C13H19N3/c14-11-6-12-3-4-13(7-11)16(12)9-10-2-1-5-15-8-10/h1-2,5,8,11-13H,3-4,6-7,9,14H2/t11?,12-,13+. The third-order valence-electron chi connectivity index (χ3n) is 4.01. The second-order valence-electron chi connectivity index (χ2n) is 5.15. The maximum atomic E-state index is 6.07. The molecule has 1 unspecified atom stereocenters. The van der Waals surface area contributed by atoms with Crippen molar-refractivity contribution >= 4 is 0 Å². The smallest absolute Gasteiger partial charge is 0.0312 e. The van der Waals surface area contributed by atoms with E-state index in [1.807, 2.05) is 18.5 Å². The van der Waals surface area contributed by atoms with Gasteiger partial charge in [-0.15, -0.1) is 0 Å². The summed E-state index contributed by atoms with van der Waals surface area (Å²) in [7, 11) is 0. The van der Waals surface area contributed by atoms with E-state index in [1.54, 1.807) is 0 Å². The zero-order chi connectivity index (χ0) is 11.0. The van der Waals surface area contributed by atoms with Gasteiger partial charge in [-0.2, -0.15) is 0 Å². The van der Waals surface area contributed by atoms with Crippen molar-refractivity contribution in [1.82, 2.24) is 9.88 Å². The Morgan fingerprint density at radius 2 is 2.06 bits per heavy atom. The lowest BCUT2D eigenvalue weighted by molar-refractivity contribution is 0.120. The highest BCUT2D eigenvalue weighted by Gasteiger charge is 2.39. The van der Waals surface area contributed by atoms with Crippen LogP contribution in [0.1, 0.15) is 31.2 Å². The maximum Gasteiger partial charge on any atom is 0.0312 e. The van der Waals surface area contributed by atoms with Gasteiger partial charge >= 0.3 is 0 Å². The van der Waals surface area contributed by atoms with Gasteiger partial charge in [0.15, 0.2) is 0 Å². The predicted molar refractivity (Wildman–Crippen MR) is 63.8 cm³/mol. The molecule has 1 aromatic rings. The van der Waals surface area contributed by atoms with Crippen LogP contribution in [0.4, 0.5) is 0 Å². The summed E-state index contributed by atoms with van der Waals surface area (Å²) in [6.07, 6.45) is 8.84. The number of nitrogens with two attached hydrogens (primary N) is 1. The van der Waals surface area contributed by atoms with Gasteiger partial charge in [-0.3, -0.25) is 9.88 Å². The first kappa shape index (κ1) is 10.2. The Hall–Kier alpha value is -0.930. The predicted octanol–water partition coefficient (Wildman–Crippen LogP) is 1.54. The summed E-state index contributed by atoms with van der Waals surface area (Å²) < 4.78 is 0. The zero-order valence-corrected chi connectivity index (χ0v) is 9.55. The molecule has 0 spiro atoms. The molecule has 0 radical (unpaired) electrons. The Bertz CT molecular complexity index is 337. The van der Waals surface area contributed by atoms with E-state index in [4.69, 9.17) is 5.73 Å². The van der Waals surface area contributed by atoms with Crippen LogP contribution in [-0.2, 0) is 6.54 Å². The number of rotatable bonds is 2. The normalized spacial score (nSPS) is 34.2. The first-order valence-electron chi connectivity index (χ1n) is 6.23. The zero-order valence-electron chi connectivity index (χ0n) is 9.55. The molecular weight excluding hydrogens is 198 g/mol. The van der Waals surface area contributed by atoms with Crippen molar-refractivity contribution in [1.29, 1.82) is 0 Å². The molecule has 2 saturated heterocycles. The van der Waals surface area contributed by atoms with Crippen molar-refractivity contribution < 1.29 is 0 Å². The number of piperidine rings is 1. The minimum Gasteiger partial charge on any atom is -0.328 e. The van der Waals surface area contributed by atoms with Crippen LogP contribution in [0, 0.1) is 0 Å². The second-order valence-corrected chi connectivity index (χ2v) is 5.15. The molecule has 3 nitrogen and oxygen atoms in total. The van der Waals surface area contributed by atoms with Gasteiger partial charge in [0.2, 0.25) is 0 Å². The lowest BCUT2D eigenvalue weighted by Crippen LogP contribution is -2.46. The largest absolute Gasteiger partial charge is 0.328 e. The van der Waals surface area contributed by atoms with E-state index >= 15 is 0 Å². The van der Waals surface area contributed by atoms with Crippen LogP contribution in [0.2, 0.25) is 0 Å². The van der Waals surface area contributed by atoms with Crippen molar-refractivity contribution in [3.05, 3.63) is 30.1 Å². The SMILES string of the molecule is NC1C[C@H]2CC[C@@H](C1)N2Cc1cccnc1. The van der Waals surface area contributed by atoms with Crippen LogP contribution >= 0.6 is 0 Å². The molecule has 2 fully saturated rings. The van der Waals surface area contributed by atoms with Gasteiger partial charge in [-0.25, -0.2) is 0 Å². The number of hydrogen-bond acceptors (Lipinski definition) is 3. The number of hydrogen-bond donors (Lipinski definition) is 1. The van der Waals surface area contributed by atoms with Crippen molar-refractivity contribution in [3.63, 3.8) is 0 Å². The molecule has 0 aliphatic carbocycles. The van der Waals surface area contributed by atoms with Crippen LogP contribution in [-0.4, -0.2) is 28.0 Å². The lowest BCUT2D eigenvalue weighted by Gasteiger charge is -2.37. The van der Waals surface area contributed by atoms with Crippen LogP contribution in [0.25, 0.3) is 0 Å². The Morgan fingerprint density at radius 3 is 2.69 bits per heavy atom. The Balaban J connectivity index is 1.72. The topological polar surface area (TPSA) is 42.1 Å².